The van der Waals surface area contributed by atoms with E-state index in [0.29, 0.717) is 0 Å². The summed E-state index contributed by atoms with van der Waals surface area (Å²) in [5, 5.41) is 20.6. The fourth-order valence-corrected chi connectivity index (χ4v) is 3.19. The van der Waals surface area contributed by atoms with Crippen LogP contribution < -0.4 is 0 Å². The van der Waals surface area contributed by atoms with E-state index in [0.717, 1.165) is 6.07 Å². The summed E-state index contributed by atoms with van der Waals surface area (Å²) >= 11 is 0. The van der Waals surface area contributed by atoms with Gasteiger partial charge in [-0.15, -0.1) is 0 Å². The number of nitro groups is 1. The van der Waals surface area contributed by atoms with Crippen LogP contribution in [-0.4, -0.2) is 35.1 Å². The number of rotatable bonds is 7. The Kier molecular flexibility index (Phi) is 6.08. The Hall–Kier alpha value is -1.70. The number of nitro benzene ring substituents is 1. The number of aliphatic hydroxyl groups is 1. The minimum absolute atomic E-state index is 0.00639. The van der Waals surface area contributed by atoms with Gasteiger partial charge in [0, 0.05) is 24.7 Å². The number of carbonyl (C=O) groups excluding carboxylic acids is 1. The van der Waals surface area contributed by atoms with Crippen LogP contribution in [0.2, 0.25) is 0 Å². The molecule has 0 aliphatic carbocycles. The Morgan fingerprint density at radius 3 is 2.76 bits per heavy atom. The van der Waals surface area contributed by atoms with Crippen LogP contribution in [0.5, 0.6) is 0 Å². The molecule has 0 aromatic heterocycles. The van der Waals surface area contributed by atoms with Gasteiger partial charge in [-0.2, -0.15) is 0 Å². The van der Waals surface area contributed by atoms with Gasteiger partial charge >= 0.3 is 8.05 Å². The second-order valence-electron chi connectivity index (χ2n) is 4.38. The molecule has 0 bridgehead atoms. The van der Waals surface area contributed by atoms with Crippen molar-refractivity contribution in [3.63, 3.8) is 0 Å². The maximum atomic E-state index is 12.0. The molecule has 0 heterocycles. The molecular weight excluding hydrogens is 300 g/mol. The zero-order valence-electron chi connectivity index (χ0n) is 11.3. The summed E-state index contributed by atoms with van der Waals surface area (Å²) in [6.45, 7) is 0. The van der Waals surface area contributed by atoms with Crippen LogP contribution in [0.3, 0.4) is 0 Å². The monoisotopic (exact) mass is 315 g/mol. The lowest BCUT2D eigenvalue weighted by Gasteiger charge is -2.18. The number of hydrogen-bond donors (Lipinski definition) is 2. The molecule has 10 heteroatoms. The predicted octanol–water partition coefficient (Wildman–Crippen LogP) is 0.728. The summed E-state index contributed by atoms with van der Waals surface area (Å²) < 4.78 is 16.5. The van der Waals surface area contributed by atoms with Gasteiger partial charge in [-0.05, 0) is 12.0 Å². The van der Waals surface area contributed by atoms with Gasteiger partial charge in [0.05, 0.1) is 4.92 Å². The summed E-state index contributed by atoms with van der Waals surface area (Å²) in [5.41, 5.74) is -0.283. The normalized spacial score (nSPS) is 15.0. The van der Waals surface area contributed by atoms with Gasteiger partial charge in [0.2, 0.25) is 7.37 Å². The molecule has 0 spiro atoms. The standard InChI is InChI=1S/C11H15BNO7P/c12-20-10(14)5-2-6-21(18,19)11(15)8-3-1-4-9(7-8)13(16)17/h1,3-4,7,11,15H,2,5-6,12H2,(H,18,19). The van der Waals surface area contributed by atoms with Crippen LogP contribution in [0.1, 0.15) is 24.3 Å². The van der Waals surface area contributed by atoms with Crippen molar-refractivity contribution in [2.24, 2.45) is 0 Å². The quantitative estimate of drug-likeness (QED) is 0.328. The minimum atomic E-state index is -4.00. The Balaban J connectivity index is 2.78. The van der Waals surface area contributed by atoms with Gasteiger partial charge in [-0.1, -0.05) is 12.1 Å². The zero-order chi connectivity index (χ0) is 16.0. The third kappa shape index (κ3) is 4.97. The van der Waals surface area contributed by atoms with Crippen molar-refractivity contribution in [2.45, 2.75) is 18.7 Å². The summed E-state index contributed by atoms with van der Waals surface area (Å²) in [6, 6.07) is 4.93. The van der Waals surface area contributed by atoms with Gasteiger partial charge < -0.3 is 14.7 Å². The Morgan fingerprint density at radius 2 is 2.19 bits per heavy atom. The molecule has 114 valence electrons. The molecule has 0 saturated carbocycles. The summed E-state index contributed by atoms with van der Waals surface area (Å²) in [6.07, 6.45) is -0.249. The first-order valence-corrected chi connectivity index (χ1v) is 8.00. The molecule has 2 unspecified atom stereocenters. The minimum Gasteiger partial charge on any atom is -0.543 e. The highest BCUT2D eigenvalue weighted by atomic mass is 31.2. The average molecular weight is 315 g/mol. The lowest BCUT2D eigenvalue weighted by Crippen LogP contribution is -2.06. The van der Waals surface area contributed by atoms with E-state index < -0.39 is 24.1 Å². The molecule has 0 aliphatic rings. The third-order valence-corrected chi connectivity index (χ3v) is 4.87. The lowest BCUT2D eigenvalue weighted by atomic mass is 10.2. The summed E-state index contributed by atoms with van der Waals surface area (Å²) in [4.78, 5) is 30.8. The molecule has 1 aromatic rings. The highest BCUT2D eigenvalue weighted by Crippen LogP contribution is 2.54. The van der Waals surface area contributed by atoms with Gasteiger partial charge in [0.15, 0.2) is 5.85 Å². The van der Waals surface area contributed by atoms with Gasteiger partial charge in [0.1, 0.15) is 0 Å². The molecular formula is C11H15BNO7P. The maximum Gasteiger partial charge on any atom is 0.325 e. The predicted molar refractivity (Wildman–Crippen MR) is 76.6 cm³/mol. The third-order valence-electron chi connectivity index (χ3n) is 2.85. The molecule has 0 fully saturated rings. The largest absolute Gasteiger partial charge is 0.543 e. The summed E-state index contributed by atoms with van der Waals surface area (Å²) in [5.74, 6) is -2.24. The molecule has 0 saturated heterocycles. The molecule has 1 aromatic carbocycles. The Labute approximate surface area is 121 Å². The van der Waals surface area contributed by atoms with E-state index >= 15 is 0 Å². The molecule has 0 amide bonds. The van der Waals surface area contributed by atoms with Crippen molar-refractivity contribution in [3.8, 4) is 0 Å². The first-order chi connectivity index (χ1) is 9.77. The van der Waals surface area contributed by atoms with Crippen molar-refractivity contribution in [3.05, 3.63) is 39.9 Å². The SMILES string of the molecule is BOC(=O)CCCP(=O)(O)C(O)c1cccc([N+](=O)[O-])c1. The Morgan fingerprint density at radius 1 is 1.52 bits per heavy atom. The topological polar surface area (TPSA) is 127 Å². The highest BCUT2D eigenvalue weighted by molar-refractivity contribution is 7.58. The second kappa shape index (κ2) is 7.35. The van der Waals surface area contributed by atoms with E-state index in [1.165, 1.54) is 26.2 Å². The second-order valence-corrected chi connectivity index (χ2v) is 6.83. The first-order valence-electron chi connectivity index (χ1n) is 6.08. The van der Waals surface area contributed by atoms with Crippen LogP contribution >= 0.6 is 7.37 Å². The number of nitrogens with zero attached hydrogens (tertiary/aromatic N) is 1. The highest BCUT2D eigenvalue weighted by Gasteiger charge is 2.31. The Bertz CT molecular complexity index is 579. The number of aliphatic hydroxyl groups excluding tert-OH is 1. The summed E-state index contributed by atoms with van der Waals surface area (Å²) in [7, 11) is -2.79. The molecule has 1 rings (SSSR count). The number of non-ortho nitro benzene ring substituents is 1. The fourth-order valence-electron chi connectivity index (χ4n) is 1.71. The van der Waals surface area contributed by atoms with Crippen molar-refractivity contribution >= 4 is 27.1 Å². The molecule has 8 nitrogen and oxygen atoms in total. The van der Waals surface area contributed by atoms with Crippen molar-refractivity contribution < 1.29 is 28.9 Å². The molecule has 0 radical (unpaired) electrons. The van der Waals surface area contributed by atoms with Crippen LogP contribution in [0.15, 0.2) is 24.3 Å². The first kappa shape index (κ1) is 17.4. The smallest absolute Gasteiger partial charge is 0.325 e. The van der Waals surface area contributed by atoms with Crippen LogP contribution in [0.25, 0.3) is 0 Å². The van der Waals surface area contributed by atoms with Gasteiger partial charge in [-0.3, -0.25) is 19.5 Å². The van der Waals surface area contributed by atoms with E-state index in [9.17, 15) is 29.5 Å². The van der Waals surface area contributed by atoms with Crippen LogP contribution in [0, 0.1) is 10.1 Å². The van der Waals surface area contributed by atoms with E-state index in [-0.39, 0.29) is 30.3 Å². The maximum absolute atomic E-state index is 12.0. The number of benzene rings is 1. The fraction of sp³-hybridized carbons (Fsp3) is 0.364. The lowest BCUT2D eigenvalue weighted by molar-refractivity contribution is -0.384. The van der Waals surface area contributed by atoms with E-state index in [4.69, 9.17) is 0 Å². The van der Waals surface area contributed by atoms with Crippen LogP contribution in [0.4, 0.5) is 5.69 Å². The van der Waals surface area contributed by atoms with Crippen molar-refractivity contribution in [1.29, 1.82) is 0 Å². The van der Waals surface area contributed by atoms with E-state index in [1.807, 2.05) is 0 Å². The van der Waals surface area contributed by atoms with Gasteiger partial charge in [-0.25, -0.2) is 0 Å². The van der Waals surface area contributed by atoms with Crippen molar-refractivity contribution in [1.82, 2.24) is 0 Å². The molecule has 2 N–H and O–H groups in total. The molecule has 0 aliphatic heterocycles. The number of carbonyl (C=O) groups is 1. The van der Waals surface area contributed by atoms with E-state index in [2.05, 4.69) is 4.65 Å². The average Bonchev–Trinajstić information content (AvgIpc) is 2.46. The van der Waals surface area contributed by atoms with Crippen LogP contribution in [-0.2, 0) is 14.0 Å². The molecule has 21 heavy (non-hydrogen) atoms. The zero-order valence-corrected chi connectivity index (χ0v) is 12.2. The number of hydrogen-bond acceptors (Lipinski definition) is 6. The molecule has 2 atom stereocenters. The van der Waals surface area contributed by atoms with E-state index in [1.54, 1.807) is 0 Å². The van der Waals surface area contributed by atoms with Crippen molar-refractivity contribution in [2.75, 3.05) is 6.16 Å². The van der Waals surface area contributed by atoms with Gasteiger partial charge in [0.25, 0.3) is 11.7 Å².